The van der Waals surface area contributed by atoms with Gasteiger partial charge in [0.1, 0.15) is 10.8 Å². The average molecular weight is 348 g/mol. The second-order valence-electron chi connectivity index (χ2n) is 4.82. The van der Waals surface area contributed by atoms with Crippen LogP contribution in [-0.2, 0) is 22.7 Å². The molecular formula is C14H12F4N2O2S. The first-order valence-corrected chi connectivity index (χ1v) is 7.48. The molecule has 2 aromatic rings. The van der Waals surface area contributed by atoms with E-state index >= 15 is 0 Å². The standard InChI is InChI=1S/C14H12F4N2O2S/c1-20-12(23-9-4-2-8(15)3-5-9)10(13-21-6-7-22-13)11(19-20)14(16,17)18/h2-5,13H,6-7H2,1H3. The Balaban J connectivity index is 2.04. The number of aromatic nitrogens is 2. The van der Waals surface area contributed by atoms with Crippen molar-refractivity contribution in [1.82, 2.24) is 9.78 Å². The van der Waals surface area contributed by atoms with E-state index < -0.39 is 24.0 Å². The quantitative estimate of drug-likeness (QED) is 0.791. The SMILES string of the molecule is Cn1nc(C(F)(F)F)c(C2OCCO2)c1Sc1ccc(F)cc1. The summed E-state index contributed by atoms with van der Waals surface area (Å²) < 4.78 is 64.3. The Kier molecular flexibility index (Phi) is 4.35. The lowest BCUT2D eigenvalue weighted by molar-refractivity contribution is -0.146. The van der Waals surface area contributed by atoms with E-state index in [-0.39, 0.29) is 23.8 Å². The topological polar surface area (TPSA) is 36.3 Å². The molecule has 0 atom stereocenters. The van der Waals surface area contributed by atoms with Crippen molar-refractivity contribution in [3.8, 4) is 0 Å². The molecule has 0 radical (unpaired) electrons. The smallest absolute Gasteiger partial charge is 0.346 e. The van der Waals surface area contributed by atoms with E-state index in [2.05, 4.69) is 5.10 Å². The van der Waals surface area contributed by atoms with E-state index in [9.17, 15) is 17.6 Å². The van der Waals surface area contributed by atoms with Gasteiger partial charge >= 0.3 is 6.18 Å². The zero-order valence-electron chi connectivity index (χ0n) is 11.9. The van der Waals surface area contributed by atoms with Crippen LogP contribution in [0, 0.1) is 5.82 Å². The average Bonchev–Trinajstić information content (AvgIpc) is 3.09. The van der Waals surface area contributed by atoms with Gasteiger partial charge in [-0.15, -0.1) is 0 Å². The van der Waals surface area contributed by atoms with Crippen molar-refractivity contribution in [3.05, 3.63) is 41.3 Å². The third kappa shape index (κ3) is 3.36. The van der Waals surface area contributed by atoms with Gasteiger partial charge in [0.25, 0.3) is 0 Å². The molecule has 0 amide bonds. The van der Waals surface area contributed by atoms with E-state index in [4.69, 9.17) is 9.47 Å². The number of ether oxygens (including phenoxy) is 2. The number of hydrogen-bond acceptors (Lipinski definition) is 4. The van der Waals surface area contributed by atoms with Crippen molar-refractivity contribution in [1.29, 1.82) is 0 Å². The van der Waals surface area contributed by atoms with Crippen LogP contribution in [0.15, 0.2) is 34.2 Å². The largest absolute Gasteiger partial charge is 0.435 e. The lowest BCUT2D eigenvalue weighted by Crippen LogP contribution is -2.12. The van der Waals surface area contributed by atoms with Crippen LogP contribution in [0.5, 0.6) is 0 Å². The Hall–Kier alpha value is -1.58. The Morgan fingerprint density at radius 1 is 1.17 bits per heavy atom. The van der Waals surface area contributed by atoms with Crippen LogP contribution in [-0.4, -0.2) is 23.0 Å². The monoisotopic (exact) mass is 348 g/mol. The Labute approximate surface area is 133 Å². The molecule has 23 heavy (non-hydrogen) atoms. The van der Waals surface area contributed by atoms with E-state index in [1.54, 1.807) is 0 Å². The third-order valence-corrected chi connectivity index (χ3v) is 4.37. The summed E-state index contributed by atoms with van der Waals surface area (Å²) in [7, 11) is 1.42. The molecule has 1 aromatic carbocycles. The van der Waals surface area contributed by atoms with Crippen LogP contribution in [0.25, 0.3) is 0 Å². The highest BCUT2D eigenvalue weighted by molar-refractivity contribution is 7.99. The zero-order valence-corrected chi connectivity index (χ0v) is 12.7. The molecule has 0 saturated carbocycles. The van der Waals surface area contributed by atoms with Crippen LogP contribution in [0.3, 0.4) is 0 Å². The lowest BCUT2D eigenvalue weighted by Gasteiger charge is -2.13. The van der Waals surface area contributed by atoms with Gasteiger partial charge in [0, 0.05) is 11.9 Å². The summed E-state index contributed by atoms with van der Waals surface area (Å²) >= 11 is 1.05. The zero-order chi connectivity index (χ0) is 16.6. The summed E-state index contributed by atoms with van der Waals surface area (Å²) in [5.41, 5.74) is -1.18. The lowest BCUT2D eigenvalue weighted by atomic mass is 10.2. The number of aryl methyl sites for hydroxylation is 1. The fourth-order valence-corrected chi connectivity index (χ4v) is 3.18. The van der Waals surface area contributed by atoms with Gasteiger partial charge in [-0.2, -0.15) is 18.3 Å². The summed E-state index contributed by atoms with van der Waals surface area (Å²) in [6, 6.07) is 5.46. The van der Waals surface area contributed by atoms with Gasteiger partial charge < -0.3 is 9.47 Å². The maximum atomic E-state index is 13.2. The highest BCUT2D eigenvalue weighted by Crippen LogP contribution is 2.43. The summed E-state index contributed by atoms with van der Waals surface area (Å²) in [5.74, 6) is -0.419. The number of alkyl halides is 3. The van der Waals surface area contributed by atoms with Gasteiger partial charge in [0.05, 0.1) is 18.8 Å². The molecule has 4 nitrogen and oxygen atoms in total. The first-order chi connectivity index (χ1) is 10.9. The predicted octanol–water partition coefficient (Wildman–Crippen LogP) is 3.77. The van der Waals surface area contributed by atoms with E-state index in [0.717, 1.165) is 16.4 Å². The minimum Gasteiger partial charge on any atom is -0.346 e. The van der Waals surface area contributed by atoms with Gasteiger partial charge in [-0.05, 0) is 24.3 Å². The normalized spacial score (nSPS) is 16.2. The van der Waals surface area contributed by atoms with Crippen molar-refractivity contribution in [2.75, 3.05) is 13.2 Å². The van der Waals surface area contributed by atoms with Crippen LogP contribution >= 0.6 is 11.8 Å². The molecule has 1 saturated heterocycles. The summed E-state index contributed by atoms with van der Waals surface area (Å²) in [6.07, 6.45) is -5.73. The molecule has 0 unspecified atom stereocenters. The number of halogens is 4. The van der Waals surface area contributed by atoms with Crippen LogP contribution in [0.1, 0.15) is 17.5 Å². The first-order valence-electron chi connectivity index (χ1n) is 6.67. The fourth-order valence-electron chi connectivity index (χ4n) is 2.21. The Bertz CT molecular complexity index is 694. The summed E-state index contributed by atoms with van der Waals surface area (Å²) in [4.78, 5) is 0.586. The van der Waals surface area contributed by atoms with Crippen molar-refractivity contribution in [3.63, 3.8) is 0 Å². The van der Waals surface area contributed by atoms with E-state index in [0.29, 0.717) is 4.90 Å². The van der Waals surface area contributed by atoms with Crippen LogP contribution in [0.2, 0.25) is 0 Å². The molecule has 1 aliphatic heterocycles. The van der Waals surface area contributed by atoms with Crippen molar-refractivity contribution >= 4 is 11.8 Å². The van der Waals surface area contributed by atoms with E-state index in [1.807, 2.05) is 0 Å². The molecule has 0 aliphatic carbocycles. The number of nitrogens with zero attached hydrogens (tertiary/aromatic N) is 2. The maximum absolute atomic E-state index is 13.2. The second-order valence-corrected chi connectivity index (χ2v) is 5.88. The molecule has 3 rings (SSSR count). The highest BCUT2D eigenvalue weighted by atomic mass is 32.2. The summed E-state index contributed by atoms with van der Waals surface area (Å²) in [5, 5.41) is 3.82. The van der Waals surface area contributed by atoms with Crippen molar-refractivity contribution < 1.29 is 27.0 Å². The third-order valence-electron chi connectivity index (χ3n) is 3.18. The van der Waals surface area contributed by atoms with Gasteiger partial charge in [0.2, 0.25) is 0 Å². The molecule has 2 heterocycles. The Morgan fingerprint density at radius 3 is 2.35 bits per heavy atom. The number of hydrogen-bond donors (Lipinski definition) is 0. The van der Waals surface area contributed by atoms with Gasteiger partial charge in [0.15, 0.2) is 12.0 Å². The second kappa shape index (κ2) is 6.14. The molecule has 9 heteroatoms. The molecule has 1 aromatic heterocycles. The Morgan fingerprint density at radius 2 is 1.78 bits per heavy atom. The molecule has 0 N–H and O–H groups in total. The minimum absolute atomic E-state index is 0.146. The first kappa shape index (κ1) is 16.3. The van der Waals surface area contributed by atoms with Gasteiger partial charge in [-0.1, -0.05) is 11.8 Å². The van der Waals surface area contributed by atoms with Crippen LogP contribution in [0.4, 0.5) is 17.6 Å². The van der Waals surface area contributed by atoms with E-state index in [1.165, 1.54) is 31.3 Å². The predicted molar refractivity (Wildman–Crippen MR) is 73.4 cm³/mol. The number of rotatable bonds is 3. The molecule has 124 valence electrons. The van der Waals surface area contributed by atoms with Gasteiger partial charge in [-0.3, -0.25) is 4.68 Å². The molecular weight excluding hydrogens is 336 g/mol. The molecule has 1 aliphatic rings. The highest BCUT2D eigenvalue weighted by Gasteiger charge is 2.42. The molecule has 0 spiro atoms. The van der Waals surface area contributed by atoms with Crippen molar-refractivity contribution in [2.24, 2.45) is 7.05 Å². The number of benzene rings is 1. The fraction of sp³-hybridized carbons (Fsp3) is 0.357. The van der Waals surface area contributed by atoms with Crippen LogP contribution < -0.4 is 0 Å². The minimum atomic E-state index is -4.62. The molecule has 0 bridgehead atoms. The molecule has 1 fully saturated rings. The van der Waals surface area contributed by atoms with Gasteiger partial charge in [-0.25, -0.2) is 4.39 Å². The maximum Gasteiger partial charge on any atom is 0.435 e. The van der Waals surface area contributed by atoms with Crippen molar-refractivity contribution in [2.45, 2.75) is 22.4 Å². The summed E-state index contributed by atoms with van der Waals surface area (Å²) in [6.45, 7) is 0.440.